The maximum absolute atomic E-state index is 5.85. The summed E-state index contributed by atoms with van der Waals surface area (Å²) >= 11 is 0. The molecule has 0 aromatic rings. The van der Waals surface area contributed by atoms with Gasteiger partial charge >= 0.3 is 7.12 Å². The second-order valence-corrected chi connectivity index (χ2v) is 4.58. The fourth-order valence-electron chi connectivity index (χ4n) is 1.33. The van der Waals surface area contributed by atoms with Crippen LogP contribution in [0.15, 0.2) is 24.2 Å². The van der Waals surface area contributed by atoms with Gasteiger partial charge in [-0.25, -0.2) is 0 Å². The van der Waals surface area contributed by atoms with Crippen molar-refractivity contribution >= 4 is 7.12 Å². The standard InChI is InChI=1S/C11H19BO2/c1-7-9(8-2)12-13-10(3,4)11(5,6)14-12/h7-8H,1H2,2-6H3. The Labute approximate surface area is 87.1 Å². The van der Waals surface area contributed by atoms with Gasteiger partial charge in [0.05, 0.1) is 11.2 Å². The molecule has 0 N–H and O–H groups in total. The first-order chi connectivity index (χ1) is 6.34. The Balaban J connectivity index is 2.88. The zero-order chi connectivity index (χ0) is 11.0. The van der Waals surface area contributed by atoms with E-state index in [2.05, 4.69) is 6.58 Å². The third kappa shape index (κ3) is 1.79. The molecule has 0 aromatic heterocycles. The van der Waals surface area contributed by atoms with Gasteiger partial charge in [0.15, 0.2) is 0 Å². The highest BCUT2D eigenvalue weighted by Crippen LogP contribution is 2.38. The molecule has 1 rings (SSSR count). The van der Waals surface area contributed by atoms with Gasteiger partial charge in [-0.3, -0.25) is 0 Å². The van der Waals surface area contributed by atoms with Crippen molar-refractivity contribution in [2.24, 2.45) is 0 Å². The van der Waals surface area contributed by atoms with E-state index in [-0.39, 0.29) is 18.3 Å². The first kappa shape index (κ1) is 11.5. The first-order valence-electron chi connectivity index (χ1n) is 4.98. The summed E-state index contributed by atoms with van der Waals surface area (Å²) in [6.45, 7) is 13.9. The predicted octanol–water partition coefficient (Wildman–Crippen LogP) is 2.75. The van der Waals surface area contributed by atoms with Crippen LogP contribution < -0.4 is 0 Å². The fraction of sp³-hybridized carbons (Fsp3) is 0.636. The van der Waals surface area contributed by atoms with Gasteiger partial charge in [-0.1, -0.05) is 18.7 Å². The van der Waals surface area contributed by atoms with Crippen molar-refractivity contribution in [2.75, 3.05) is 0 Å². The monoisotopic (exact) mass is 194 g/mol. The van der Waals surface area contributed by atoms with E-state index in [1.807, 2.05) is 40.7 Å². The van der Waals surface area contributed by atoms with Crippen LogP contribution in [0, 0.1) is 0 Å². The lowest BCUT2D eigenvalue weighted by Gasteiger charge is -2.32. The summed E-state index contributed by atoms with van der Waals surface area (Å²) < 4.78 is 11.7. The van der Waals surface area contributed by atoms with Crippen molar-refractivity contribution in [1.29, 1.82) is 0 Å². The molecular formula is C11H19BO2. The van der Waals surface area contributed by atoms with Crippen LogP contribution in [0.25, 0.3) is 0 Å². The minimum Gasteiger partial charge on any atom is -0.399 e. The van der Waals surface area contributed by atoms with Crippen molar-refractivity contribution in [3.8, 4) is 0 Å². The Bertz CT molecular complexity index is 250. The van der Waals surface area contributed by atoms with E-state index in [1.165, 1.54) is 0 Å². The fourth-order valence-corrected chi connectivity index (χ4v) is 1.33. The molecule has 0 bridgehead atoms. The molecule has 1 fully saturated rings. The molecule has 1 heterocycles. The van der Waals surface area contributed by atoms with Crippen LogP contribution >= 0.6 is 0 Å². The van der Waals surface area contributed by atoms with Gasteiger partial charge in [0.1, 0.15) is 0 Å². The molecule has 0 aliphatic carbocycles. The molecule has 3 heteroatoms. The first-order valence-corrected chi connectivity index (χ1v) is 4.98. The summed E-state index contributed by atoms with van der Waals surface area (Å²) in [5, 5.41) is 0. The van der Waals surface area contributed by atoms with Gasteiger partial charge in [-0.05, 0) is 40.1 Å². The quantitative estimate of drug-likeness (QED) is 0.497. The van der Waals surface area contributed by atoms with Gasteiger partial charge in [-0.2, -0.15) is 0 Å². The zero-order valence-corrected chi connectivity index (χ0v) is 9.76. The summed E-state index contributed by atoms with van der Waals surface area (Å²) in [5.74, 6) is 0. The second kappa shape index (κ2) is 3.56. The Kier molecular flexibility index (Phi) is 2.93. The van der Waals surface area contributed by atoms with Crippen LogP contribution in [-0.4, -0.2) is 18.3 Å². The SMILES string of the molecule is C=CC(=CC)B1OC(C)(C)C(C)(C)O1. The minimum atomic E-state index is -0.275. The number of hydrogen-bond acceptors (Lipinski definition) is 2. The summed E-state index contributed by atoms with van der Waals surface area (Å²) in [6, 6.07) is 0. The molecule has 1 aliphatic rings. The smallest absolute Gasteiger partial charge is 0.399 e. The third-order valence-electron chi connectivity index (χ3n) is 3.09. The van der Waals surface area contributed by atoms with Gasteiger partial charge in [0.25, 0.3) is 0 Å². The minimum absolute atomic E-state index is 0.269. The Hall–Kier alpha value is -0.535. The highest BCUT2D eigenvalue weighted by Gasteiger charge is 2.51. The lowest BCUT2D eigenvalue weighted by atomic mass is 9.78. The number of hydrogen-bond donors (Lipinski definition) is 0. The maximum atomic E-state index is 5.85. The summed E-state index contributed by atoms with van der Waals surface area (Å²) in [6.07, 6.45) is 3.75. The van der Waals surface area contributed by atoms with E-state index >= 15 is 0 Å². The predicted molar refractivity (Wildman–Crippen MR) is 60.0 cm³/mol. The van der Waals surface area contributed by atoms with Crippen molar-refractivity contribution in [3.63, 3.8) is 0 Å². The van der Waals surface area contributed by atoms with Crippen LogP contribution in [0.4, 0.5) is 0 Å². The average molecular weight is 194 g/mol. The van der Waals surface area contributed by atoms with Gasteiger partial charge in [0, 0.05) is 0 Å². The van der Waals surface area contributed by atoms with Crippen LogP contribution in [0.1, 0.15) is 34.6 Å². The second-order valence-electron chi connectivity index (χ2n) is 4.58. The molecule has 2 nitrogen and oxygen atoms in total. The van der Waals surface area contributed by atoms with E-state index in [9.17, 15) is 0 Å². The topological polar surface area (TPSA) is 18.5 Å². The highest BCUT2D eigenvalue weighted by molar-refractivity contribution is 6.55. The van der Waals surface area contributed by atoms with Gasteiger partial charge in [0.2, 0.25) is 0 Å². The van der Waals surface area contributed by atoms with E-state index in [0.29, 0.717) is 0 Å². The Morgan fingerprint density at radius 3 is 1.86 bits per heavy atom. The Morgan fingerprint density at radius 2 is 1.57 bits per heavy atom. The summed E-state index contributed by atoms with van der Waals surface area (Å²) in [5.41, 5.74) is 0.452. The normalized spacial score (nSPS) is 25.2. The zero-order valence-electron chi connectivity index (χ0n) is 9.76. The summed E-state index contributed by atoms with van der Waals surface area (Å²) in [4.78, 5) is 0. The molecule has 0 spiro atoms. The molecule has 78 valence electrons. The van der Waals surface area contributed by atoms with Crippen LogP contribution in [0.5, 0.6) is 0 Å². The van der Waals surface area contributed by atoms with Crippen LogP contribution in [-0.2, 0) is 9.31 Å². The lowest BCUT2D eigenvalue weighted by molar-refractivity contribution is 0.00578. The molecule has 1 aliphatic heterocycles. The summed E-state index contributed by atoms with van der Waals surface area (Å²) in [7, 11) is -0.275. The highest BCUT2D eigenvalue weighted by atomic mass is 16.7. The van der Waals surface area contributed by atoms with Gasteiger partial charge < -0.3 is 9.31 Å². The molecule has 0 atom stereocenters. The van der Waals surface area contributed by atoms with Crippen molar-refractivity contribution < 1.29 is 9.31 Å². The maximum Gasteiger partial charge on any atom is 0.494 e. The van der Waals surface area contributed by atoms with Crippen LogP contribution in [0.2, 0.25) is 0 Å². The van der Waals surface area contributed by atoms with E-state index in [1.54, 1.807) is 6.08 Å². The molecule has 0 saturated carbocycles. The third-order valence-corrected chi connectivity index (χ3v) is 3.09. The molecule has 14 heavy (non-hydrogen) atoms. The van der Waals surface area contributed by atoms with E-state index in [0.717, 1.165) is 5.47 Å². The Morgan fingerprint density at radius 1 is 1.14 bits per heavy atom. The molecule has 0 amide bonds. The number of allylic oxidation sites excluding steroid dienone is 3. The van der Waals surface area contributed by atoms with E-state index < -0.39 is 0 Å². The largest absolute Gasteiger partial charge is 0.494 e. The van der Waals surface area contributed by atoms with Crippen molar-refractivity contribution in [1.82, 2.24) is 0 Å². The van der Waals surface area contributed by atoms with Crippen molar-refractivity contribution in [3.05, 3.63) is 24.2 Å². The average Bonchev–Trinajstić information content (AvgIpc) is 2.23. The molecule has 1 saturated heterocycles. The van der Waals surface area contributed by atoms with Crippen molar-refractivity contribution in [2.45, 2.75) is 45.8 Å². The molecule has 0 radical (unpaired) electrons. The van der Waals surface area contributed by atoms with Gasteiger partial charge in [-0.15, -0.1) is 0 Å². The molecular weight excluding hydrogens is 175 g/mol. The lowest BCUT2D eigenvalue weighted by Crippen LogP contribution is -2.41. The van der Waals surface area contributed by atoms with E-state index in [4.69, 9.17) is 9.31 Å². The number of rotatable bonds is 2. The molecule has 0 aromatic carbocycles. The van der Waals surface area contributed by atoms with Crippen LogP contribution in [0.3, 0.4) is 0 Å². The molecule has 0 unspecified atom stereocenters.